The molecule has 0 saturated heterocycles. The molecule has 0 aliphatic carbocycles. The average molecular weight is 553 g/mol. The van der Waals surface area contributed by atoms with Gasteiger partial charge in [-0.2, -0.15) is 5.10 Å². The smallest absolute Gasteiger partial charge is 0.254 e. The van der Waals surface area contributed by atoms with Gasteiger partial charge in [0.25, 0.3) is 5.91 Å². The van der Waals surface area contributed by atoms with Gasteiger partial charge in [0, 0.05) is 17.7 Å². The van der Waals surface area contributed by atoms with Gasteiger partial charge in [-0.05, 0) is 73.7 Å². The second-order valence-electron chi connectivity index (χ2n) is 10.2. The standard InChI is InChI=1S/C34H40N4O3/c1-5-7-12-26-15-17-28(18-16-26)34(40)37(23-8-6-2)24-31(39)35-33-32(27-13-10-9-11-14-27)25(3)36-38(33)29-19-21-30(41-4)22-20-29/h9-11,13-22H,5-8,12,23-24H2,1-4H3,(H,35,39). The number of benzene rings is 3. The molecule has 3 aromatic carbocycles. The number of nitrogens with zero attached hydrogens (tertiary/aromatic N) is 3. The average Bonchev–Trinajstić information content (AvgIpc) is 3.33. The van der Waals surface area contributed by atoms with Crippen LogP contribution in [-0.2, 0) is 11.2 Å². The quantitative estimate of drug-likeness (QED) is 0.192. The number of amides is 2. The molecule has 214 valence electrons. The predicted octanol–water partition coefficient (Wildman–Crippen LogP) is 7.08. The van der Waals surface area contributed by atoms with Crippen LogP contribution in [-0.4, -0.2) is 46.7 Å². The molecule has 2 amide bonds. The molecule has 0 aliphatic rings. The third kappa shape index (κ3) is 7.42. The van der Waals surface area contributed by atoms with Gasteiger partial charge in [0.15, 0.2) is 0 Å². The lowest BCUT2D eigenvalue weighted by Crippen LogP contribution is -2.39. The first-order valence-electron chi connectivity index (χ1n) is 14.4. The highest BCUT2D eigenvalue weighted by Gasteiger charge is 2.23. The Hall–Kier alpha value is -4.39. The lowest BCUT2D eigenvalue weighted by atomic mass is 10.1. The van der Waals surface area contributed by atoms with Crippen molar-refractivity contribution >= 4 is 17.6 Å². The normalized spacial score (nSPS) is 10.8. The minimum absolute atomic E-state index is 0.0580. The molecule has 7 nitrogen and oxygen atoms in total. The van der Waals surface area contributed by atoms with Crippen LogP contribution in [0.4, 0.5) is 5.82 Å². The van der Waals surface area contributed by atoms with E-state index in [4.69, 9.17) is 9.84 Å². The second-order valence-corrected chi connectivity index (χ2v) is 10.2. The van der Waals surface area contributed by atoms with Crippen LogP contribution >= 0.6 is 0 Å². The number of unbranched alkanes of at least 4 members (excludes halogenated alkanes) is 2. The zero-order valence-electron chi connectivity index (χ0n) is 24.5. The predicted molar refractivity (Wildman–Crippen MR) is 165 cm³/mol. The summed E-state index contributed by atoms with van der Waals surface area (Å²) in [6.45, 7) is 6.62. The minimum Gasteiger partial charge on any atom is -0.497 e. The van der Waals surface area contributed by atoms with Crippen LogP contribution in [0.2, 0.25) is 0 Å². The number of aryl methyl sites for hydroxylation is 2. The molecule has 4 rings (SSSR count). The monoisotopic (exact) mass is 552 g/mol. The Labute approximate surface area is 243 Å². The lowest BCUT2D eigenvalue weighted by Gasteiger charge is -2.23. The summed E-state index contributed by atoms with van der Waals surface area (Å²) in [5.41, 5.74) is 5.17. The Morgan fingerprint density at radius 1 is 0.902 bits per heavy atom. The number of nitrogens with one attached hydrogen (secondary N) is 1. The number of rotatable bonds is 13. The van der Waals surface area contributed by atoms with Crippen molar-refractivity contribution in [3.05, 3.63) is 95.7 Å². The fourth-order valence-electron chi connectivity index (χ4n) is 4.83. The topological polar surface area (TPSA) is 76.5 Å². The molecule has 0 spiro atoms. The number of aromatic nitrogens is 2. The van der Waals surface area contributed by atoms with Gasteiger partial charge in [-0.25, -0.2) is 4.68 Å². The minimum atomic E-state index is -0.277. The van der Waals surface area contributed by atoms with E-state index in [-0.39, 0.29) is 18.4 Å². The second kappa shape index (κ2) is 14.3. The number of methoxy groups -OCH3 is 1. The van der Waals surface area contributed by atoms with Gasteiger partial charge in [-0.1, -0.05) is 69.2 Å². The van der Waals surface area contributed by atoms with E-state index >= 15 is 0 Å². The Bertz CT molecular complexity index is 1430. The zero-order chi connectivity index (χ0) is 29.2. The maximum absolute atomic E-state index is 13.6. The van der Waals surface area contributed by atoms with Gasteiger partial charge >= 0.3 is 0 Å². The first-order chi connectivity index (χ1) is 19.9. The molecule has 0 unspecified atom stereocenters. The molecule has 41 heavy (non-hydrogen) atoms. The fraction of sp³-hybridized carbons (Fsp3) is 0.324. The SMILES string of the molecule is CCCCc1ccc(C(=O)N(CCCC)CC(=O)Nc2c(-c3ccccc3)c(C)nn2-c2ccc(OC)cc2)cc1. The summed E-state index contributed by atoms with van der Waals surface area (Å²) in [5.74, 6) is 0.877. The number of carbonyl (C=O) groups excluding carboxylic acids is 2. The molecule has 1 N–H and O–H groups in total. The van der Waals surface area contributed by atoms with Crippen molar-refractivity contribution in [3.63, 3.8) is 0 Å². The summed E-state index contributed by atoms with van der Waals surface area (Å²) in [7, 11) is 1.62. The molecule has 0 bridgehead atoms. The van der Waals surface area contributed by atoms with Crippen molar-refractivity contribution in [1.82, 2.24) is 14.7 Å². The van der Waals surface area contributed by atoms with Crippen molar-refractivity contribution in [1.29, 1.82) is 0 Å². The third-order valence-corrected chi connectivity index (χ3v) is 7.12. The molecule has 0 radical (unpaired) electrons. The van der Waals surface area contributed by atoms with Crippen LogP contribution in [0.25, 0.3) is 16.8 Å². The van der Waals surface area contributed by atoms with E-state index in [1.807, 2.05) is 85.8 Å². The van der Waals surface area contributed by atoms with Crippen LogP contribution in [0.3, 0.4) is 0 Å². The zero-order valence-corrected chi connectivity index (χ0v) is 24.5. The maximum atomic E-state index is 13.6. The maximum Gasteiger partial charge on any atom is 0.254 e. The molecular formula is C34H40N4O3. The van der Waals surface area contributed by atoms with Crippen LogP contribution in [0.1, 0.15) is 61.1 Å². The number of carbonyl (C=O) groups is 2. The summed E-state index contributed by atoms with van der Waals surface area (Å²) >= 11 is 0. The van der Waals surface area contributed by atoms with Gasteiger partial charge in [0.05, 0.1) is 18.5 Å². The molecule has 0 aliphatic heterocycles. The molecule has 7 heteroatoms. The molecule has 0 saturated carbocycles. The van der Waals surface area contributed by atoms with E-state index in [0.717, 1.165) is 60.4 Å². The van der Waals surface area contributed by atoms with Crippen LogP contribution in [0, 0.1) is 6.92 Å². The number of anilines is 1. The number of ether oxygens (including phenoxy) is 1. The number of hydrogen-bond donors (Lipinski definition) is 1. The Morgan fingerprint density at radius 3 is 2.22 bits per heavy atom. The van der Waals surface area contributed by atoms with Crippen LogP contribution in [0.5, 0.6) is 5.75 Å². The highest BCUT2D eigenvalue weighted by atomic mass is 16.5. The van der Waals surface area contributed by atoms with Crippen LogP contribution < -0.4 is 10.1 Å². The Kier molecular flexibility index (Phi) is 10.3. The summed E-state index contributed by atoms with van der Waals surface area (Å²) in [5, 5.41) is 7.89. The van der Waals surface area contributed by atoms with Crippen molar-refractivity contribution in [2.45, 2.75) is 52.9 Å². The highest BCUT2D eigenvalue weighted by molar-refractivity contribution is 6.01. The van der Waals surface area contributed by atoms with Gasteiger partial charge in [-0.3, -0.25) is 9.59 Å². The van der Waals surface area contributed by atoms with E-state index in [0.29, 0.717) is 17.9 Å². The molecule has 0 atom stereocenters. The van der Waals surface area contributed by atoms with Crippen LogP contribution in [0.15, 0.2) is 78.9 Å². The van der Waals surface area contributed by atoms with E-state index < -0.39 is 0 Å². The van der Waals surface area contributed by atoms with E-state index in [1.54, 1.807) is 16.7 Å². The first-order valence-corrected chi connectivity index (χ1v) is 14.4. The van der Waals surface area contributed by atoms with E-state index in [2.05, 4.69) is 19.2 Å². The molecule has 4 aromatic rings. The molecular weight excluding hydrogens is 512 g/mol. The summed E-state index contributed by atoms with van der Waals surface area (Å²) in [6.07, 6.45) is 4.98. The Morgan fingerprint density at radius 2 is 1.59 bits per heavy atom. The molecule has 1 aromatic heterocycles. The van der Waals surface area contributed by atoms with Gasteiger partial charge < -0.3 is 15.0 Å². The van der Waals surface area contributed by atoms with Crippen molar-refractivity contribution < 1.29 is 14.3 Å². The van der Waals surface area contributed by atoms with Gasteiger partial charge in [0.1, 0.15) is 18.1 Å². The summed E-state index contributed by atoms with van der Waals surface area (Å²) < 4.78 is 7.06. The van der Waals surface area contributed by atoms with Crippen molar-refractivity contribution in [3.8, 4) is 22.6 Å². The summed E-state index contributed by atoms with van der Waals surface area (Å²) in [4.78, 5) is 28.8. The first kappa shape index (κ1) is 29.6. The van der Waals surface area contributed by atoms with E-state index in [9.17, 15) is 9.59 Å². The van der Waals surface area contributed by atoms with Gasteiger partial charge in [0.2, 0.25) is 5.91 Å². The largest absolute Gasteiger partial charge is 0.497 e. The Balaban J connectivity index is 1.62. The van der Waals surface area contributed by atoms with Gasteiger partial charge in [-0.15, -0.1) is 0 Å². The third-order valence-electron chi connectivity index (χ3n) is 7.12. The molecule has 1 heterocycles. The highest BCUT2D eigenvalue weighted by Crippen LogP contribution is 2.33. The number of hydrogen-bond acceptors (Lipinski definition) is 4. The summed E-state index contributed by atoms with van der Waals surface area (Å²) in [6, 6.07) is 25.2. The fourth-order valence-corrected chi connectivity index (χ4v) is 4.83. The lowest BCUT2D eigenvalue weighted by molar-refractivity contribution is -0.116. The molecule has 0 fully saturated rings. The van der Waals surface area contributed by atoms with E-state index in [1.165, 1.54) is 5.56 Å². The van der Waals surface area contributed by atoms with Crippen molar-refractivity contribution in [2.24, 2.45) is 0 Å². The van der Waals surface area contributed by atoms with Crippen molar-refractivity contribution in [2.75, 3.05) is 25.5 Å².